The fourth-order valence-electron chi connectivity index (χ4n) is 3.76. The number of hydrogen-bond donors (Lipinski definition) is 2. The van der Waals surface area contributed by atoms with Crippen LogP contribution in [0.4, 0.5) is 5.82 Å². The number of nitrogens with one attached hydrogen (secondary N) is 1. The minimum atomic E-state index is -0.586. The molecule has 2 aromatic heterocycles. The Kier molecular flexibility index (Phi) is 6.91. The largest absolute Gasteiger partial charge is 0.383 e. The third-order valence-corrected chi connectivity index (χ3v) is 5.83. The summed E-state index contributed by atoms with van der Waals surface area (Å²) in [6.45, 7) is 4.82. The van der Waals surface area contributed by atoms with Crippen LogP contribution >= 0.6 is 11.6 Å². The molecule has 0 aliphatic carbocycles. The molecular formula is C20H28ClN7O2. The highest BCUT2D eigenvalue weighted by atomic mass is 35.5. The molecule has 0 spiro atoms. The van der Waals surface area contributed by atoms with Gasteiger partial charge in [-0.15, -0.1) is 0 Å². The Morgan fingerprint density at radius 3 is 2.63 bits per heavy atom. The predicted octanol–water partition coefficient (Wildman–Crippen LogP) is 1.74. The van der Waals surface area contributed by atoms with Gasteiger partial charge in [-0.05, 0) is 45.4 Å². The molecule has 1 aliphatic heterocycles. The number of piperidine rings is 1. The zero-order valence-corrected chi connectivity index (χ0v) is 18.3. The van der Waals surface area contributed by atoms with E-state index in [0.29, 0.717) is 41.4 Å². The Morgan fingerprint density at radius 1 is 1.33 bits per heavy atom. The maximum atomic E-state index is 12.7. The van der Waals surface area contributed by atoms with Crippen molar-refractivity contribution in [3.63, 3.8) is 0 Å². The number of likely N-dealkylation sites (tertiary alicyclic amines) is 1. The molecule has 162 valence electrons. The second-order valence-electron chi connectivity index (χ2n) is 7.83. The van der Waals surface area contributed by atoms with E-state index < -0.39 is 6.04 Å². The second-order valence-corrected chi connectivity index (χ2v) is 8.19. The van der Waals surface area contributed by atoms with E-state index >= 15 is 0 Å². The first-order chi connectivity index (χ1) is 14.2. The number of nitrogen functional groups attached to an aromatic ring is 1. The van der Waals surface area contributed by atoms with Gasteiger partial charge in [0.25, 0.3) is 5.91 Å². The van der Waals surface area contributed by atoms with E-state index in [0.717, 1.165) is 31.2 Å². The number of carbonyl (C=O) groups excluding carboxylic acids is 2. The summed E-state index contributed by atoms with van der Waals surface area (Å²) in [6, 6.07) is -0.586. The molecule has 3 rings (SSSR count). The van der Waals surface area contributed by atoms with Crippen molar-refractivity contribution in [2.75, 3.05) is 18.8 Å². The summed E-state index contributed by atoms with van der Waals surface area (Å²) in [5.41, 5.74) is 7.23. The van der Waals surface area contributed by atoms with E-state index in [9.17, 15) is 9.59 Å². The number of halogens is 1. The Bertz CT molecular complexity index is 899. The smallest absolute Gasteiger partial charge is 0.255 e. The third kappa shape index (κ3) is 5.27. The summed E-state index contributed by atoms with van der Waals surface area (Å²) in [5.74, 6) is 1.13. The topological polar surface area (TPSA) is 119 Å². The summed E-state index contributed by atoms with van der Waals surface area (Å²) >= 11 is 6.22. The van der Waals surface area contributed by atoms with E-state index in [1.165, 1.54) is 6.20 Å². The highest BCUT2D eigenvalue weighted by molar-refractivity contribution is 6.30. The molecule has 2 aromatic rings. The van der Waals surface area contributed by atoms with Crippen molar-refractivity contribution in [1.29, 1.82) is 0 Å². The summed E-state index contributed by atoms with van der Waals surface area (Å²) in [6.07, 6.45) is 6.55. The van der Waals surface area contributed by atoms with Crippen LogP contribution in [0.1, 0.15) is 47.9 Å². The molecule has 2 amide bonds. The quantitative estimate of drug-likeness (QED) is 0.669. The maximum Gasteiger partial charge on any atom is 0.255 e. The Morgan fingerprint density at radius 2 is 2.03 bits per heavy atom. The number of nitrogens with zero attached hydrogens (tertiary/aromatic N) is 5. The zero-order valence-electron chi connectivity index (χ0n) is 17.6. The average Bonchev–Trinajstić information content (AvgIpc) is 3.13. The Balaban J connectivity index is 1.46. The maximum absolute atomic E-state index is 12.7. The van der Waals surface area contributed by atoms with E-state index in [-0.39, 0.29) is 11.8 Å². The lowest BCUT2D eigenvalue weighted by atomic mass is 9.90. The van der Waals surface area contributed by atoms with Gasteiger partial charge in [0.05, 0.1) is 11.8 Å². The first-order valence-corrected chi connectivity index (χ1v) is 10.5. The van der Waals surface area contributed by atoms with Crippen molar-refractivity contribution in [3.05, 3.63) is 34.5 Å². The monoisotopic (exact) mass is 433 g/mol. The molecule has 1 fully saturated rings. The van der Waals surface area contributed by atoms with Crippen molar-refractivity contribution in [3.8, 4) is 0 Å². The first kappa shape index (κ1) is 22.0. The van der Waals surface area contributed by atoms with Crippen molar-refractivity contribution >= 4 is 29.2 Å². The number of anilines is 1. The van der Waals surface area contributed by atoms with Gasteiger partial charge >= 0.3 is 0 Å². The van der Waals surface area contributed by atoms with Gasteiger partial charge in [0, 0.05) is 31.9 Å². The number of amides is 2. The fraction of sp³-hybridized carbons (Fsp3) is 0.550. The van der Waals surface area contributed by atoms with Gasteiger partial charge in [-0.3, -0.25) is 14.3 Å². The molecule has 3 heterocycles. The second kappa shape index (κ2) is 9.42. The van der Waals surface area contributed by atoms with E-state index in [2.05, 4.69) is 20.4 Å². The molecular weight excluding hydrogens is 406 g/mol. The van der Waals surface area contributed by atoms with E-state index in [1.54, 1.807) is 31.8 Å². The number of rotatable bonds is 6. The molecule has 30 heavy (non-hydrogen) atoms. The Hall–Kier alpha value is -2.68. The minimum absolute atomic E-state index is 0.0649. The summed E-state index contributed by atoms with van der Waals surface area (Å²) in [4.78, 5) is 35.1. The normalized spacial score (nSPS) is 15.8. The number of aryl methyl sites for hydroxylation is 2. The average molecular weight is 434 g/mol. The molecule has 0 aromatic carbocycles. The molecule has 0 bridgehead atoms. The standard InChI is InChI=1S/C20H28ClN7O2/c1-12(24-19(29)15-10-23-27(3)11-15)20(30)28-8-6-14(7-9-28)4-5-16-17(21)25-13(2)26-18(16)22/h10-12,14H,4-9H2,1-3H3,(H,24,29)(H2,22,25,26)/t12-/m0/s1. The van der Waals surface area contributed by atoms with Crippen molar-refractivity contribution < 1.29 is 9.59 Å². The van der Waals surface area contributed by atoms with Gasteiger partial charge in [0.15, 0.2) is 0 Å². The molecule has 0 unspecified atom stereocenters. The van der Waals surface area contributed by atoms with E-state index in [1.807, 2.05) is 4.90 Å². The van der Waals surface area contributed by atoms with Crippen LogP contribution in [-0.2, 0) is 18.3 Å². The van der Waals surface area contributed by atoms with Crippen LogP contribution in [0, 0.1) is 12.8 Å². The lowest BCUT2D eigenvalue weighted by Crippen LogP contribution is -2.49. The summed E-state index contributed by atoms with van der Waals surface area (Å²) in [5, 5.41) is 7.16. The predicted molar refractivity (Wildman–Crippen MR) is 114 cm³/mol. The fourth-order valence-corrected chi connectivity index (χ4v) is 4.07. The first-order valence-electron chi connectivity index (χ1n) is 10.1. The van der Waals surface area contributed by atoms with Crippen LogP contribution in [0.2, 0.25) is 5.15 Å². The van der Waals surface area contributed by atoms with Gasteiger partial charge in [0.2, 0.25) is 5.91 Å². The van der Waals surface area contributed by atoms with Gasteiger partial charge < -0.3 is 16.0 Å². The molecule has 3 N–H and O–H groups in total. The summed E-state index contributed by atoms with van der Waals surface area (Å²) < 4.78 is 1.55. The molecule has 10 heteroatoms. The van der Waals surface area contributed by atoms with Crippen LogP contribution < -0.4 is 11.1 Å². The lowest BCUT2D eigenvalue weighted by molar-refractivity contribution is -0.134. The Labute approximate surface area is 181 Å². The molecule has 1 saturated heterocycles. The highest BCUT2D eigenvalue weighted by Gasteiger charge is 2.27. The SMILES string of the molecule is Cc1nc(N)c(CCC2CCN(C(=O)[C@H](C)NC(=O)c3cnn(C)c3)CC2)c(Cl)n1. The van der Waals surface area contributed by atoms with Gasteiger partial charge in [-0.2, -0.15) is 5.10 Å². The number of carbonyl (C=O) groups is 2. The van der Waals surface area contributed by atoms with Crippen molar-refractivity contribution in [1.82, 2.24) is 30.0 Å². The molecule has 9 nitrogen and oxygen atoms in total. The van der Waals surface area contributed by atoms with Crippen LogP contribution in [-0.4, -0.2) is 55.6 Å². The van der Waals surface area contributed by atoms with Crippen molar-refractivity contribution in [2.45, 2.75) is 45.6 Å². The molecule has 1 atom stereocenters. The number of hydrogen-bond acceptors (Lipinski definition) is 6. The van der Waals surface area contributed by atoms with Gasteiger partial charge in [-0.25, -0.2) is 9.97 Å². The highest BCUT2D eigenvalue weighted by Crippen LogP contribution is 2.26. The minimum Gasteiger partial charge on any atom is -0.383 e. The molecule has 0 radical (unpaired) electrons. The zero-order chi connectivity index (χ0) is 21.8. The van der Waals surface area contributed by atoms with Crippen LogP contribution in [0.15, 0.2) is 12.4 Å². The van der Waals surface area contributed by atoms with Gasteiger partial charge in [-0.1, -0.05) is 11.6 Å². The number of nitrogens with two attached hydrogens (primary N) is 1. The van der Waals surface area contributed by atoms with E-state index in [4.69, 9.17) is 17.3 Å². The molecule has 0 saturated carbocycles. The number of aromatic nitrogens is 4. The van der Waals surface area contributed by atoms with Crippen LogP contribution in [0.3, 0.4) is 0 Å². The van der Waals surface area contributed by atoms with Gasteiger partial charge in [0.1, 0.15) is 22.8 Å². The summed E-state index contributed by atoms with van der Waals surface area (Å²) in [7, 11) is 1.74. The van der Waals surface area contributed by atoms with Crippen LogP contribution in [0.25, 0.3) is 0 Å². The van der Waals surface area contributed by atoms with Crippen LogP contribution in [0.5, 0.6) is 0 Å². The lowest BCUT2D eigenvalue weighted by Gasteiger charge is -2.33. The molecule has 1 aliphatic rings. The third-order valence-electron chi connectivity index (χ3n) is 5.51. The van der Waals surface area contributed by atoms with Crippen molar-refractivity contribution in [2.24, 2.45) is 13.0 Å².